The summed E-state index contributed by atoms with van der Waals surface area (Å²) in [5.74, 6) is 1.21. The van der Waals surface area contributed by atoms with Gasteiger partial charge >= 0.3 is 0 Å². The van der Waals surface area contributed by atoms with Crippen molar-refractivity contribution >= 4 is 11.6 Å². The second-order valence-corrected chi connectivity index (χ2v) is 6.81. The third kappa shape index (κ3) is 3.27. The number of hydrogen-bond acceptors (Lipinski definition) is 6. The van der Waals surface area contributed by atoms with Gasteiger partial charge in [0.15, 0.2) is 22.8 Å². The predicted molar refractivity (Wildman–Crippen MR) is 105 cm³/mol. The summed E-state index contributed by atoms with van der Waals surface area (Å²) in [6.07, 6.45) is 1.71. The van der Waals surface area contributed by atoms with Crippen molar-refractivity contribution in [3.63, 3.8) is 0 Å². The molecule has 1 saturated heterocycles. The molecule has 1 unspecified atom stereocenters. The fraction of sp³-hybridized carbons (Fsp3) is 0.350. The highest BCUT2D eigenvalue weighted by Gasteiger charge is 2.24. The predicted octanol–water partition coefficient (Wildman–Crippen LogP) is 1.85. The van der Waals surface area contributed by atoms with Crippen molar-refractivity contribution in [1.82, 2.24) is 24.8 Å². The Morgan fingerprint density at radius 3 is 2.75 bits per heavy atom. The Kier molecular flexibility index (Phi) is 4.87. The van der Waals surface area contributed by atoms with Gasteiger partial charge in [-0.3, -0.25) is 4.79 Å². The van der Waals surface area contributed by atoms with E-state index in [1.807, 2.05) is 29.2 Å². The summed E-state index contributed by atoms with van der Waals surface area (Å²) in [5.41, 5.74) is 2.73. The van der Waals surface area contributed by atoms with Crippen LogP contribution in [0.15, 0.2) is 36.5 Å². The van der Waals surface area contributed by atoms with E-state index < -0.39 is 0 Å². The fourth-order valence-corrected chi connectivity index (χ4v) is 3.49. The maximum Gasteiger partial charge on any atom is 0.274 e. The van der Waals surface area contributed by atoms with Gasteiger partial charge in [0.05, 0.1) is 19.9 Å². The standard InChI is InChI=1S/C20H23N5O3/c1-13-12-24(9-8-21-13)20(26)15-11-19-22-7-6-16(25(19)23-15)14-4-5-17(27-2)18(10-14)28-3/h4-7,10-11,13,21H,8-9,12H2,1-3H3. The van der Waals surface area contributed by atoms with Crippen LogP contribution in [0.3, 0.4) is 0 Å². The van der Waals surface area contributed by atoms with Crippen molar-refractivity contribution in [3.05, 3.63) is 42.2 Å². The number of nitrogens with one attached hydrogen (secondary N) is 1. The zero-order valence-corrected chi connectivity index (χ0v) is 16.2. The molecule has 28 heavy (non-hydrogen) atoms. The number of methoxy groups -OCH3 is 2. The number of ether oxygens (including phenoxy) is 2. The Morgan fingerprint density at radius 1 is 1.18 bits per heavy atom. The quantitative estimate of drug-likeness (QED) is 0.743. The van der Waals surface area contributed by atoms with Crippen LogP contribution >= 0.6 is 0 Å². The van der Waals surface area contributed by atoms with Crippen LogP contribution in [0.25, 0.3) is 16.9 Å². The minimum Gasteiger partial charge on any atom is -0.493 e. The van der Waals surface area contributed by atoms with E-state index in [0.717, 1.165) is 17.8 Å². The van der Waals surface area contributed by atoms with E-state index in [0.29, 0.717) is 35.9 Å². The van der Waals surface area contributed by atoms with Gasteiger partial charge in [0.25, 0.3) is 5.91 Å². The lowest BCUT2D eigenvalue weighted by atomic mass is 10.1. The van der Waals surface area contributed by atoms with Crippen LogP contribution < -0.4 is 14.8 Å². The first-order valence-corrected chi connectivity index (χ1v) is 9.20. The SMILES string of the molecule is COc1ccc(-c2ccnc3cc(C(=O)N4CCNC(C)C4)nn23)cc1OC. The number of nitrogens with zero attached hydrogens (tertiary/aromatic N) is 4. The van der Waals surface area contributed by atoms with Crippen molar-refractivity contribution in [1.29, 1.82) is 0 Å². The second-order valence-electron chi connectivity index (χ2n) is 6.81. The summed E-state index contributed by atoms with van der Waals surface area (Å²) in [6.45, 7) is 4.20. The number of carbonyl (C=O) groups excluding carboxylic acids is 1. The monoisotopic (exact) mass is 381 g/mol. The highest BCUT2D eigenvalue weighted by Crippen LogP contribution is 2.32. The molecule has 0 saturated carbocycles. The third-order valence-electron chi connectivity index (χ3n) is 4.91. The van der Waals surface area contributed by atoms with Gasteiger partial charge in [-0.05, 0) is 31.2 Å². The molecule has 1 aromatic carbocycles. The first-order chi connectivity index (χ1) is 13.6. The van der Waals surface area contributed by atoms with Gasteiger partial charge in [-0.2, -0.15) is 5.10 Å². The van der Waals surface area contributed by atoms with Crippen molar-refractivity contribution in [2.75, 3.05) is 33.9 Å². The number of amides is 1. The van der Waals surface area contributed by atoms with Crippen LogP contribution in [-0.4, -0.2) is 65.3 Å². The number of fused-ring (bicyclic) bond motifs is 1. The van der Waals surface area contributed by atoms with Gasteiger partial charge in [0.2, 0.25) is 0 Å². The molecule has 8 nitrogen and oxygen atoms in total. The molecule has 1 amide bonds. The Morgan fingerprint density at radius 2 is 2.00 bits per heavy atom. The normalized spacial score (nSPS) is 17.0. The molecular weight excluding hydrogens is 358 g/mol. The summed E-state index contributed by atoms with van der Waals surface area (Å²) in [4.78, 5) is 19.1. The van der Waals surface area contributed by atoms with Crippen LogP contribution in [0.1, 0.15) is 17.4 Å². The number of aromatic nitrogens is 3. The van der Waals surface area contributed by atoms with Gasteiger partial charge in [-0.15, -0.1) is 0 Å². The molecule has 2 aromatic heterocycles. The van der Waals surface area contributed by atoms with Crippen molar-refractivity contribution in [2.24, 2.45) is 0 Å². The molecule has 0 bridgehead atoms. The lowest BCUT2D eigenvalue weighted by Crippen LogP contribution is -2.51. The van der Waals surface area contributed by atoms with Crippen molar-refractivity contribution < 1.29 is 14.3 Å². The second kappa shape index (κ2) is 7.47. The summed E-state index contributed by atoms with van der Waals surface area (Å²) >= 11 is 0. The number of piperazine rings is 1. The summed E-state index contributed by atoms with van der Waals surface area (Å²) in [5, 5.41) is 7.90. The molecule has 0 spiro atoms. The zero-order valence-electron chi connectivity index (χ0n) is 16.2. The van der Waals surface area contributed by atoms with E-state index >= 15 is 0 Å². The maximum absolute atomic E-state index is 12.9. The first kappa shape index (κ1) is 18.2. The molecule has 1 aliphatic rings. The Balaban J connectivity index is 1.72. The molecule has 1 atom stereocenters. The largest absolute Gasteiger partial charge is 0.493 e. The Labute approximate surface area is 163 Å². The van der Waals surface area contributed by atoms with Gasteiger partial charge in [0, 0.05) is 43.5 Å². The van der Waals surface area contributed by atoms with Crippen LogP contribution in [0.4, 0.5) is 0 Å². The highest BCUT2D eigenvalue weighted by atomic mass is 16.5. The van der Waals surface area contributed by atoms with E-state index in [1.54, 1.807) is 31.0 Å². The molecule has 1 fully saturated rings. The molecule has 4 rings (SSSR count). The van der Waals surface area contributed by atoms with Gasteiger partial charge in [-0.25, -0.2) is 9.50 Å². The smallest absolute Gasteiger partial charge is 0.274 e. The minimum atomic E-state index is -0.0721. The fourth-order valence-electron chi connectivity index (χ4n) is 3.49. The summed E-state index contributed by atoms with van der Waals surface area (Å²) in [6, 6.07) is 9.53. The molecule has 1 aliphatic heterocycles. The Bertz CT molecular complexity index is 1020. The molecular formula is C20H23N5O3. The van der Waals surface area contributed by atoms with E-state index in [9.17, 15) is 4.79 Å². The van der Waals surface area contributed by atoms with E-state index in [4.69, 9.17) is 9.47 Å². The van der Waals surface area contributed by atoms with E-state index in [-0.39, 0.29) is 11.9 Å². The number of rotatable bonds is 4. The zero-order chi connectivity index (χ0) is 19.7. The number of benzene rings is 1. The maximum atomic E-state index is 12.9. The number of carbonyl (C=O) groups is 1. The third-order valence-corrected chi connectivity index (χ3v) is 4.91. The lowest BCUT2D eigenvalue weighted by Gasteiger charge is -2.31. The topological polar surface area (TPSA) is 81.0 Å². The van der Waals surface area contributed by atoms with Crippen molar-refractivity contribution in [3.8, 4) is 22.8 Å². The molecule has 1 N–H and O–H groups in total. The van der Waals surface area contributed by atoms with E-state index in [1.165, 1.54) is 0 Å². The molecule has 8 heteroatoms. The molecule has 3 aromatic rings. The molecule has 0 radical (unpaired) electrons. The average molecular weight is 381 g/mol. The van der Waals surface area contributed by atoms with Gasteiger partial charge in [0.1, 0.15) is 0 Å². The summed E-state index contributed by atoms with van der Waals surface area (Å²) in [7, 11) is 3.20. The highest BCUT2D eigenvalue weighted by molar-refractivity contribution is 5.93. The Hall–Kier alpha value is -3.13. The lowest BCUT2D eigenvalue weighted by molar-refractivity contribution is 0.0703. The van der Waals surface area contributed by atoms with Gasteiger partial charge in [-0.1, -0.05) is 0 Å². The van der Waals surface area contributed by atoms with Crippen LogP contribution in [0, 0.1) is 0 Å². The van der Waals surface area contributed by atoms with Crippen molar-refractivity contribution in [2.45, 2.75) is 13.0 Å². The first-order valence-electron chi connectivity index (χ1n) is 9.20. The molecule has 146 valence electrons. The van der Waals surface area contributed by atoms with Gasteiger partial charge < -0.3 is 19.7 Å². The average Bonchev–Trinajstić information content (AvgIpc) is 3.17. The summed E-state index contributed by atoms with van der Waals surface area (Å²) < 4.78 is 12.4. The molecule has 3 heterocycles. The van der Waals surface area contributed by atoms with E-state index in [2.05, 4.69) is 22.3 Å². The van der Waals surface area contributed by atoms with Crippen LogP contribution in [0.2, 0.25) is 0 Å². The van der Waals surface area contributed by atoms with Crippen LogP contribution in [-0.2, 0) is 0 Å². The van der Waals surface area contributed by atoms with Crippen LogP contribution in [0.5, 0.6) is 11.5 Å². The number of hydrogen-bond donors (Lipinski definition) is 1. The molecule has 0 aliphatic carbocycles. The minimum absolute atomic E-state index is 0.0721.